The van der Waals surface area contributed by atoms with Gasteiger partial charge in [0.2, 0.25) is 0 Å². The van der Waals surface area contributed by atoms with Gasteiger partial charge in [0.25, 0.3) is 11.8 Å². The molecular weight excluding hydrogens is 376 g/mol. The number of nitrogens with one attached hydrogen (secondary N) is 1. The van der Waals surface area contributed by atoms with Crippen molar-refractivity contribution in [3.63, 3.8) is 0 Å². The summed E-state index contributed by atoms with van der Waals surface area (Å²) < 4.78 is 0. The minimum Gasteiger partial charge on any atom is -0.368 e. The Hall–Kier alpha value is -3.80. The molecule has 1 aliphatic rings. The van der Waals surface area contributed by atoms with Crippen molar-refractivity contribution in [3.05, 3.63) is 90.0 Å². The zero-order chi connectivity index (χ0) is 20.9. The van der Waals surface area contributed by atoms with E-state index in [2.05, 4.69) is 10.2 Å². The zero-order valence-corrected chi connectivity index (χ0v) is 16.6. The molecule has 1 heterocycles. The Morgan fingerprint density at radius 2 is 1.43 bits per heavy atom. The summed E-state index contributed by atoms with van der Waals surface area (Å²) in [6.45, 7) is 2.73. The summed E-state index contributed by atoms with van der Waals surface area (Å²) in [5, 5.41) is 3.29. The summed E-state index contributed by atoms with van der Waals surface area (Å²) >= 11 is 0. The molecule has 2 amide bonds. The van der Waals surface area contributed by atoms with Gasteiger partial charge in [-0.05, 0) is 42.5 Å². The van der Waals surface area contributed by atoms with Gasteiger partial charge in [-0.3, -0.25) is 9.59 Å². The molecule has 1 fully saturated rings. The van der Waals surface area contributed by atoms with Crippen LogP contribution in [0.2, 0.25) is 0 Å². The molecule has 0 unspecified atom stereocenters. The highest BCUT2D eigenvalue weighted by Gasteiger charge is 2.23. The summed E-state index contributed by atoms with van der Waals surface area (Å²) in [5.41, 5.74) is 9.28. The van der Waals surface area contributed by atoms with Crippen LogP contribution in [0.3, 0.4) is 0 Å². The fourth-order valence-electron chi connectivity index (χ4n) is 3.66. The highest BCUT2D eigenvalue weighted by atomic mass is 16.2. The van der Waals surface area contributed by atoms with Crippen LogP contribution >= 0.6 is 0 Å². The van der Waals surface area contributed by atoms with E-state index in [1.165, 1.54) is 0 Å². The number of carbonyl (C=O) groups is 2. The van der Waals surface area contributed by atoms with Crippen molar-refractivity contribution in [2.75, 3.05) is 36.4 Å². The Labute approximate surface area is 175 Å². The van der Waals surface area contributed by atoms with Crippen molar-refractivity contribution in [1.29, 1.82) is 0 Å². The first-order valence-corrected chi connectivity index (χ1v) is 9.97. The van der Waals surface area contributed by atoms with Crippen LogP contribution in [0.15, 0.2) is 78.9 Å². The van der Waals surface area contributed by atoms with E-state index in [1.807, 2.05) is 77.7 Å². The Morgan fingerprint density at radius 1 is 0.800 bits per heavy atom. The largest absolute Gasteiger partial charge is 0.368 e. The van der Waals surface area contributed by atoms with E-state index in [0.717, 1.165) is 24.5 Å². The van der Waals surface area contributed by atoms with Crippen LogP contribution in [0.5, 0.6) is 0 Å². The van der Waals surface area contributed by atoms with Crippen LogP contribution in [-0.4, -0.2) is 42.9 Å². The maximum absolute atomic E-state index is 12.7. The number of carbonyl (C=O) groups excluding carboxylic acids is 2. The quantitative estimate of drug-likeness (QED) is 0.687. The maximum atomic E-state index is 12.7. The van der Waals surface area contributed by atoms with Crippen LogP contribution in [0.1, 0.15) is 20.7 Å². The first kappa shape index (κ1) is 19.5. The summed E-state index contributed by atoms with van der Waals surface area (Å²) in [6.07, 6.45) is 0. The second-order valence-electron chi connectivity index (χ2n) is 7.23. The Kier molecular flexibility index (Phi) is 5.66. The van der Waals surface area contributed by atoms with Crippen molar-refractivity contribution in [1.82, 2.24) is 4.90 Å². The number of piperazine rings is 1. The molecular formula is C24H24N4O2. The summed E-state index contributed by atoms with van der Waals surface area (Å²) in [7, 11) is 0. The second-order valence-corrected chi connectivity index (χ2v) is 7.23. The smallest absolute Gasteiger partial charge is 0.253 e. The second kappa shape index (κ2) is 8.69. The molecule has 0 aromatic heterocycles. The molecule has 4 rings (SSSR count). The van der Waals surface area contributed by atoms with Crippen molar-refractivity contribution < 1.29 is 9.59 Å². The third-order valence-electron chi connectivity index (χ3n) is 5.27. The Bertz CT molecular complexity index is 1030. The molecule has 152 valence electrons. The number of primary amides is 1. The first-order valence-electron chi connectivity index (χ1n) is 9.97. The molecule has 1 saturated heterocycles. The highest BCUT2D eigenvalue weighted by Crippen LogP contribution is 2.27. The Morgan fingerprint density at radius 3 is 2.07 bits per heavy atom. The van der Waals surface area contributed by atoms with Crippen LogP contribution in [-0.2, 0) is 0 Å². The predicted molar refractivity (Wildman–Crippen MR) is 119 cm³/mol. The minimum absolute atomic E-state index is 0.0609. The van der Waals surface area contributed by atoms with Crippen molar-refractivity contribution in [3.8, 4) is 0 Å². The van der Waals surface area contributed by atoms with Crippen molar-refractivity contribution in [2.45, 2.75) is 0 Å². The van der Waals surface area contributed by atoms with Gasteiger partial charge in [-0.25, -0.2) is 0 Å². The summed E-state index contributed by atoms with van der Waals surface area (Å²) in [4.78, 5) is 28.6. The molecule has 3 N–H and O–H groups in total. The SMILES string of the molecule is NC(=O)c1ccc(N2CCN(C(=O)c3ccccc3)CC2)cc1Nc1ccccc1. The van der Waals surface area contributed by atoms with Gasteiger partial charge < -0.3 is 20.9 Å². The third kappa shape index (κ3) is 4.27. The number of amides is 2. The molecule has 0 saturated carbocycles. The average molecular weight is 400 g/mol. The molecule has 0 aliphatic carbocycles. The van der Waals surface area contributed by atoms with Gasteiger partial charge in [0, 0.05) is 43.1 Å². The van der Waals surface area contributed by atoms with Gasteiger partial charge in [0.05, 0.1) is 11.3 Å². The van der Waals surface area contributed by atoms with Gasteiger partial charge in [0.15, 0.2) is 0 Å². The first-order chi connectivity index (χ1) is 14.6. The van der Waals surface area contributed by atoms with E-state index in [1.54, 1.807) is 6.07 Å². The number of hydrogen-bond donors (Lipinski definition) is 2. The summed E-state index contributed by atoms with van der Waals surface area (Å²) in [5.74, 6) is -0.413. The minimum atomic E-state index is -0.474. The van der Waals surface area contributed by atoms with Gasteiger partial charge in [0.1, 0.15) is 0 Å². The molecule has 1 aliphatic heterocycles. The highest BCUT2D eigenvalue weighted by molar-refractivity contribution is 6.00. The number of para-hydroxylation sites is 1. The topological polar surface area (TPSA) is 78.7 Å². The molecule has 3 aromatic carbocycles. The normalized spacial score (nSPS) is 13.7. The number of benzene rings is 3. The number of hydrogen-bond acceptors (Lipinski definition) is 4. The van der Waals surface area contributed by atoms with Crippen LogP contribution in [0.25, 0.3) is 0 Å². The van der Waals surface area contributed by atoms with Gasteiger partial charge in [-0.1, -0.05) is 36.4 Å². The molecule has 0 spiro atoms. The van der Waals surface area contributed by atoms with E-state index in [9.17, 15) is 9.59 Å². The number of nitrogens with two attached hydrogens (primary N) is 1. The molecule has 30 heavy (non-hydrogen) atoms. The molecule has 3 aromatic rings. The van der Waals surface area contributed by atoms with Gasteiger partial charge in [-0.2, -0.15) is 0 Å². The van der Waals surface area contributed by atoms with E-state index in [-0.39, 0.29) is 5.91 Å². The van der Waals surface area contributed by atoms with Crippen LogP contribution in [0.4, 0.5) is 17.1 Å². The summed E-state index contributed by atoms with van der Waals surface area (Å²) in [6, 6.07) is 24.6. The van der Waals surface area contributed by atoms with Crippen LogP contribution < -0.4 is 16.0 Å². The lowest BCUT2D eigenvalue weighted by Crippen LogP contribution is -2.48. The van der Waals surface area contributed by atoms with E-state index in [4.69, 9.17) is 5.73 Å². The fourth-order valence-corrected chi connectivity index (χ4v) is 3.66. The van der Waals surface area contributed by atoms with Crippen molar-refractivity contribution >= 4 is 28.9 Å². The standard InChI is InChI=1S/C24H24N4O2/c25-23(29)21-12-11-20(17-22(21)26-19-9-5-2-6-10-19)27-13-15-28(16-14-27)24(30)18-7-3-1-4-8-18/h1-12,17,26H,13-16H2,(H2,25,29). The fraction of sp³-hybridized carbons (Fsp3) is 0.167. The number of rotatable bonds is 5. The Balaban J connectivity index is 1.49. The van der Waals surface area contributed by atoms with E-state index >= 15 is 0 Å². The number of anilines is 3. The van der Waals surface area contributed by atoms with Crippen molar-refractivity contribution in [2.24, 2.45) is 5.73 Å². The van der Waals surface area contributed by atoms with E-state index in [0.29, 0.717) is 29.9 Å². The van der Waals surface area contributed by atoms with Gasteiger partial charge >= 0.3 is 0 Å². The average Bonchev–Trinajstić information content (AvgIpc) is 2.80. The molecule has 6 heteroatoms. The van der Waals surface area contributed by atoms with Crippen LogP contribution in [0, 0.1) is 0 Å². The maximum Gasteiger partial charge on any atom is 0.253 e. The molecule has 6 nitrogen and oxygen atoms in total. The number of nitrogens with zero attached hydrogens (tertiary/aromatic N) is 2. The lowest BCUT2D eigenvalue weighted by molar-refractivity contribution is 0.0746. The predicted octanol–water partition coefficient (Wildman–Crippen LogP) is 3.49. The van der Waals surface area contributed by atoms with E-state index < -0.39 is 5.91 Å². The lowest BCUT2D eigenvalue weighted by Gasteiger charge is -2.36. The molecule has 0 bridgehead atoms. The zero-order valence-electron chi connectivity index (χ0n) is 16.6. The molecule has 0 atom stereocenters. The lowest BCUT2D eigenvalue weighted by atomic mass is 10.1. The molecule has 0 radical (unpaired) electrons. The monoisotopic (exact) mass is 400 g/mol. The van der Waals surface area contributed by atoms with Gasteiger partial charge in [-0.15, -0.1) is 0 Å². The third-order valence-corrected chi connectivity index (χ3v) is 5.27.